The van der Waals surface area contributed by atoms with Crippen LogP contribution >= 0.6 is 11.3 Å². The summed E-state index contributed by atoms with van der Waals surface area (Å²) in [5.41, 5.74) is 4.09. The van der Waals surface area contributed by atoms with Crippen molar-refractivity contribution in [3.05, 3.63) is 45.3 Å². The van der Waals surface area contributed by atoms with Gasteiger partial charge >= 0.3 is 0 Å². The van der Waals surface area contributed by atoms with Gasteiger partial charge in [-0.15, -0.1) is 11.3 Å². The Morgan fingerprint density at radius 1 is 1.23 bits per heavy atom. The lowest BCUT2D eigenvalue weighted by Gasteiger charge is -2.34. The summed E-state index contributed by atoms with van der Waals surface area (Å²) in [5.74, 6) is 0.817. The first-order valence-electron chi connectivity index (χ1n) is 9.25. The van der Waals surface area contributed by atoms with Crippen LogP contribution in [-0.4, -0.2) is 11.0 Å². The fourth-order valence-corrected chi connectivity index (χ4v) is 5.45. The Morgan fingerprint density at radius 3 is 2.73 bits per heavy atom. The summed E-state index contributed by atoms with van der Waals surface area (Å²) in [4.78, 5) is 14.2. The number of amides is 1. The van der Waals surface area contributed by atoms with Gasteiger partial charge in [0.15, 0.2) is 0 Å². The average molecular weight is 371 g/mol. The van der Waals surface area contributed by atoms with Gasteiger partial charge in [-0.25, -0.2) is 0 Å². The van der Waals surface area contributed by atoms with Gasteiger partial charge in [0, 0.05) is 10.4 Å². The van der Waals surface area contributed by atoms with E-state index in [0.717, 1.165) is 35.4 Å². The van der Waals surface area contributed by atoms with Crippen LogP contribution in [-0.2, 0) is 12.8 Å². The molecule has 0 unspecified atom stereocenters. The molecule has 1 aliphatic heterocycles. The molecule has 4 rings (SSSR count). The number of hydrogen-bond acceptors (Lipinski definition) is 4. The molecule has 0 saturated heterocycles. The van der Waals surface area contributed by atoms with Crippen molar-refractivity contribution in [3.8, 4) is 5.75 Å². The molecule has 0 bridgehead atoms. The Morgan fingerprint density at radius 2 is 2.00 bits per heavy atom. The summed E-state index contributed by atoms with van der Waals surface area (Å²) in [5, 5.41) is 17.6. The van der Waals surface area contributed by atoms with Crippen molar-refractivity contribution < 1.29 is 9.90 Å². The zero-order chi connectivity index (χ0) is 18.6. The van der Waals surface area contributed by atoms with Crippen molar-refractivity contribution in [2.24, 2.45) is 11.3 Å². The van der Waals surface area contributed by atoms with Gasteiger partial charge in [-0.05, 0) is 55.2 Å². The number of hydrogen-bond donors (Lipinski definition) is 3. The highest BCUT2D eigenvalue weighted by molar-refractivity contribution is 7.16. The quantitative estimate of drug-likeness (QED) is 0.678. The minimum absolute atomic E-state index is 0.0311. The number of anilines is 1. The SMILES string of the molecule is Cc1ccc(O)c([C@H]2NC(=O)c3c(sc4c3CC[C@@H](C(C)(C)C)C4)N2)c1. The van der Waals surface area contributed by atoms with Crippen molar-refractivity contribution in [1.82, 2.24) is 5.32 Å². The molecule has 2 aromatic rings. The van der Waals surface area contributed by atoms with Crippen molar-refractivity contribution in [3.63, 3.8) is 0 Å². The van der Waals surface area contributed by atoms with E-state index in [4.69, 9.17) is 0 Å². The number of carbonyl (C=O) groups excluding carboxylic acids is 1. The second-order valence-corrected chi connectivity index (χ2v) is 9.73. The molecule has 0 saturated carbocycles. The fourth-order valence-electron chi connectivity index (χ4n) is 4.10. The zero-order valence-corrected chi connectivity index (χ0v) is 16.6. The summed E-state index contributed by atoms with van der Waals surface area (Å²) < 4.78 is 0. The molecule has 2 aliphatic rings. The van der Waals surface area contributed by atoms with Crippen LogP contribution in [0.25, 0.3) is 0 Å². The van der Waals surface area contributed by atoms with Crippen LogP contribution in [0, 0.1) is 18.3 Å². The topological polar surface area (TPSA) is 61.4 Å². The first kappa shape index (κ1) is 17.4. The molecule has 26 heavy (non-hydrogen) atoms. The maximum absolute atomic E-state index is 12.9. The van der Waals surface area contributed by atoms with Gasteiger partial charge < -0.3 is 15.7 Å². The lowest BCUT2D eigenvalue weighted by Crippen LogP contribution is -2.38. The molecule has 2 atom stereocenters. The summed E-state index contributed by atoms with van der Waals surface area (Å²) >= 11 is 1.72. The number of phenolic OH excluding ortho intramolecular Hbond substituents is 1. The number of thiophene rings is 1. The van der Waals surface area contributed by atoms with Gasteiger partial charge in [-0.3, -0.25) is 4.79 Å². The number of nitrogens with one attached hydrogen (secondary N) is 2. The van der Waals surface area contributed by atoms with E-state index >= 15 is 0 Å². The van der Waals surface area contributed by atoms with Crippen LogP contribution < -0.4 is 10.6 Å². The second kappa shape index (κ2) is 6.02. The number of aryl methyl sites for hydroxylation is 1. The van der Waals surface area contributed by atoms with Gasteiger partial charge in [0.1, 0.15) is 16.9 Å². The summed E-state index contributed by atoms with van der Waals surface area (Å²) in [6, 6.07) is 5.47. The highest BCUT2D eigenvalue weighted by atomic mass is 32.1. The summed E-state index contributed by atoms with van der Waals surface area (Å²) in [6.45, 7) is 8.89. The number of fused-ring (bicyclic) bond motifs is 3. The molecule has 3 N–H and O–H groups in total. The van der Waals surface area contributed by atoms with Gasteiger partial charge in [0.2, 0.25) is 0 Å². The molecule has 1 aromatic carbocycles. The highest BCUT2D eigenvalue weighted by Crippen LogP contribution is 2.46. The third-order valence-corrected chi connectivity index (χ3v) is 6.95. The number of phenols is 1. The van der Waals surface area contributed by atoms with Crippen LogP contribution in [0.5, 0.6) is 5.75 Å². The fraction of sp³-hybridized carbons (Fsp3) is 0.476. The number of benzene rings is 1. The largest absolute Gasteiger partial charge is 0.508 e. The first-order chi connectivity index (χ1) is 12.2. The molecule has 1 amide bonds. The van der Waals surface area contributed by atoms with E-state index in [2.05, 4.69) is 31.4 Å². The van der Waals surface area contributed by atoms with E-state index < -0.39 is 6.17 Å². The minimum atomic E-state index is -0.395. The molecule has 2 heterocycles. The first-order valence-corrected chi connectivity index (χ1v) is 10.1. The van der Waals surface area contributed by atoms with Crippen molar-refractivity contribution in [2.75, 3.05) is 5.32 Å². The molecule has 0 spiro atoms. The maximum Gasteiger partial charge on any atom is 0.256 e. The Kier molecular flexibility index (Phi) is 4.03. The van der Waals surface area contributed by atoms with E-state index in [0.29, 0.717) is 11.5 Å². The van der Waals surface area contributed by atoms with Crippen molar-refractivity contribution in [1.29, 1.82) is 0 Å². The van der Waals surface area contributed by atoms with Crippen LogP contribution in [0.4, 0.5) is 5.00 Å². The predicted octanol–water partition coefficient (Wildman–Crippen LogP) is 4.77. The molecule has 1 aliphatic carbocycles. The summed E-state index contributed by atoms with van der Waals surface area (Å²) in [7, 11) is 0. The summed E-state index contributed by atoms with van der Waals surface area (Å²) in [6.07, 6.45) is 2.76. The Labute approximate surface area is 158 Å². The maximum atomic E-state index is 12.9. The van der Waals surface area contributed by atoms with Gasteiger partial charge in [0.25, 0.3) is 5.91 Å². The molecular weight excluding hydrogens is 344 g/mol. The molecular formula is C21H26N2O2S. The third kappa shape index (κ3) is 2.88. The van der Waals surface area contributed by atoms with Crippen LogP contribution in [0.1, 0.15) is 65.3 Å². The van der Waals surface area contributed by atoms with Crippen LogP contribution in [0.2, 0.25) is 0 Å². The molecule has 5 heteroatoms. The number of aromatic hydroxyl groups is 1. The van der Waals surface area contributed by atoms with E-state index in [9.17, 15) is 9.90 Å². The Hall–Kier alpha value is -2.01. The van der Waals surface area contributed by atoms with Gasteiger partial charge in [-0.2, -0.15) is 0 Å². The van der Waals surface area contributed by atoms with E-state index in [1.54, 1.807) is 17.4 Å². The zero-order valence-electron chi connectivity index (χ0n) is 15.8. The van der Waals surface area contributed by atoms with Crippen LogP contribution in [0.15, 0.2) is 18.2 Å². The highest BCUT2D eigenvalue weighted by Gasteiger charge is 2.36. The van der Waals surface area contributed by atoms with Gasteiger partial charge in [-0.1, -0.05) is 32.4 Å². The van der Waals surface area contributed by atoms with Gasteiger partial charge in [0.05, 0.1) is 5.56 Å². The second-order valence-electron chi connectivity index (χ2n) is 8.63. The monoisotopic (exact) mass is 370 g/mol. The molecule has 4 nitrogen and oxygen atoms in total. The van der Waals surface area contributed by atoms with E-state index in [1.807, 2.05) is 19.1 Å². The number of rotatable bonds is 1. The average Bonchev–Trinajstić information content (AvgIpc) is 2.94. The van der Waals surface area contributed by atoms with E-state index in [1.165, 1.54) is 10.4 Å². The lowest BCUT2D eigenvalue weighted by molar-refractivity contribution is 0.0934. The van der Waals surface area contributed by atoms with E-state index in [-0.39, 0.29) is 17.1 Å². The molecule has 0 fully saturated rings. The molecule has 138 valence electrons. The Balaban J connectivity index is 1.68. The minimum Gasteiger partial charge on any atom is -0.508 e. The standard InChI is InChI=1S/C21H26N2O2S/c1-11-5-8-15(24)14(9-11)18-22-19(25)17-13-7-6-12(21(2,3)4)10-16(13)26-20(17)23-18/h5,8-9,12,18,23-24H,6-7,10H2,1-4H3,(H,22,25)/t12-,18+/m1/s1. The lowest BCUT2D eigenvalue weighted by atomic mass is 9.72. The third-order valence-electron chi connectivity index (χ3n) is 5.76. The Bertz CT molecular complexity index is 879. The van der Waals surface area contributed by atoms with Crippen molar-refractivity contribution >= 4 is 22.2 Å². The smallest absolute Gasteiger partial charge is 0.256 e. The predicted molar refractivity (Wildman–Crippen MR) is 106 cm³/mol. The van der Waals surface area contributed by atoms with Crippen LogP contribution in [0.3, 0.4) is 0 Å². The van der Waals surface area contributed by atoms with Crippen molar-refractivity contribution in [2.45, 2.75) is 53.1 Å². The normalized spacial score (nSPS) is 22.2. The molecule has 1 aromatic heterocycles. The number of carbonyl (C=O) groups is 1. The molecule has 0 radical (unpaired) electrons.